The summed E-state index contributed by atoms with van der Waals surface area (Å²) < 4.78 is 63.2. The minimum atomic E-state index is -3.44. The van der Waals surface area contributed by atoms with Gasteiger partial charge in [0, 0.05) is 33.3 Å². The summed E-state index contributed by atoms with van der Waals surface area (Å²) in [6.45, 7) is 5.22. The van der Waals surface area contributed by atoms with E-state index >= 15 is 0 Å². The van der Waals surface area contributed by atoms with Crippen LogP contribution in [-0.4, -0.2) is 55.8 Å². The number of hydrogen-bond acceptors (Lipinski definition) is 6. The van der Waals surface area contributed by atoms with Crippen molar-refractivity contribution in [1.29, 1.82) is 0 Å². The summed E-state index contributed by atoms with van der Waals surface area (Å²) in [5.74, 6) is 0.307. The SMILES string of the molecule is COCCNC(=O)c1ccc2nn(CC3CCCC(COCc4ccc(OC(C)(F)F)c(F)c4)C(C)CC3)cc2c1OC. The van der Waals surface area contributed by atoms with Crippen LogP contribution in [0.1, 0.15) is 61.9 Å². The summed E-state index contributed by atoms with van der Waals surface area (Å²) in [6.07, 6.45) is 3.80. The molecule has 1 heterocycles. The number of rotatable bonds is 13. The van der Waals surface area contributed by atoms with Crippen molar-refractivity contribution in [3.8, 4) is 11.5 Å². The Labute approximate surface area is 250 Å². The maximum Gasteiger partial charge on any atom is 0.395 e. The molecule has 0 bridgehead atoms. The van der Waals surface area contributed by atoms with E-state index in [0.29, 0.717) is 61.3 Å². The van der Waals surface area contributed by atoms with E-state index < -0.39 is 17.7 Å². The molecule has 4 rings (SSSR count). The van der Waals surface area contributed by atoms with Crippen LogP contribution in [0, 0.1) is 23.6 Å². The first kappa shape index (κ1) is 32.6. The van der Waals surface area contributed by atoms with Gasteiger partial charge in [-0.1, -0.05) is 25.8 Å². The summed E-state index contributed by atoms with van der Waals surface area (Å²) in [7, 11) is 3.15. The lowest BCUT2D eigenvalue weighted by atomic mass is 9.80. The van der Waals surface area contributed by atoms with Crippen LogP contribution in [0.5, 0.6) is 11.5 Å². The van der Waals surface area contributed by atoms with Crippen molar-refractivity contribution in [2.45, 2.75) is 65.2 Å². The molecular weight excluding hydrogens is 563 g/mol. The number of hydrogen-bond donors (Lipinski definition) is 1. The zero-order valence-electron chi connectivity index (χ0n) is 25.3. The van der Waals surface area contributed by atoms with Gasteiger partial charge in [-0.25, -0.2) is 4.39 Å². The smallest absolute Gasteiger partial charge is 0.395 e. The van der Waals surface area contributed by atoms with Crippen LogP contribution >= 0.6 is 0 Å². The number of nitrogens with zero attached hydrogens (tertiary/aromatic N) is 2. The number of ether oxygens (including phenoxy) is 4. The molecule has 3 aromatic rings. The van der Waals surface area contributed by atoms with Gasteiger partial charge in [0.1, 0.15) is 5.75 Å². The van der Waals surface area contributed by atoms with Gasteiger partial charge in [-0.15, -0.1) is 0 Å². The van der Waals surface area contributed by atoms with Crippen LogP contribution < -0.4 is 14.8 Å². The van der Waals surface area contributed by atoms with E-state index in [1.54, 1.807) is 26.4 Å². The number of fused-ring (bicyclic) bond motifs is 1. The molecule has 0 aliphatic heterocycles. The van der Waals surface area contributed by atoms with Crippen molar-refractivity contribution in [2.75, 3.05) is 34.0 Å². The van der Waals surface area contributed by atoms with E-state index in [2.05, 4.69) is 17.0 Å². The number of benzene rings is 2. The van der Waals surface area contributed by atoms with E-state index in [1.807, 2.05) is 16.9 Å². The van der Waals surface area contributed by atoms with Gasteiger partial charge in [-0.3, -0.25) is 9.48 Å². The summed E-state index contributed by atoms with van der Waals surface area (Å²) >= 11 is 0. The molecule has 8 nitrogen and oxygen atoms in total. The zero-order chi connectivity index (χ0) is 31.0. The molecule has 2 aromatic carbocycles. The van der Waals surface area contributed by atoms with Crippen molar-refractivity contribution in [1.82, 2.24) is 15.1 Å². The van der Waals surface area contributed by atoms with Crippen molar-refractivity contribution < 1.29 is 36.9 Å². The molecule has 0 radical (unpaired) electrons. The largest absolute Gasteiger partial charge is 0.495 e. The second-order valence-electron chi connectivity index (χ2n) is 11.5. The third kappa shape index (κ3) is 9.09. The number of carbonyl (C=O) groups excluding carboxylic acids is 1. The van der Waals surface area contributed by atoms with E-state index in [9.17, 15) is 18.0 Å². The lowest BCUT2D eigenvalue weighted by molar-refractivity contribution is -0.160. The number of methoxy groups -OCH3 is 2. The molecule has 11 heteroatoms. The zero-order valence-corrected chi connectivity index (χ0v) is 25.3. The lowest BCUT2D eigenvalue weighted by Gasteiger charge is -2.29. The third-order valence-corrected chi connectivity index (χ3v) is 8.08. The van der Waals surface area contributed by atoms with Gasteiger partial charge < -0.3 is 24.3 Å². The Morgan fingerprint density at radius 2 is 1.95 bits per heavy atom. The Morgan fingerprint density at radius 1 is 1.14 bits per heavy atom. The van der Waals surface area contributed by atoms with Crippen molar-refractivity contribution in [3.63, 3.8) is 0 Å². The highest BCUT2D eigenvalue weighted by Gasteiger charge is 2.26. The van der Waals surface area contributed by atoms with E-state index in [1.165, 1.54) is 12.1 Å². The molecule has 1 aliphatic carbocycles. The van der Waals surface area contributed by atoms with Crippen LogP contribution in [0.3, 0.4) is 0 Å². The molecule has 0 spiro atoms. The molecule has 3 unspecified atom stereocenters. The van der Waals surface area contributed by atoms with Gasteiger partial charge in [-0.2, -0.15) is 13.9 Å². The standard InChI is InChI=1S/C32H42F3N3O5/c1-21-8-9-22(6-5-7-24(21)20-42-19-23-10-13-29(27(33)16-23)43-32(2,34)35)17-38-18-26-28(37-38)12-11-25(30(26)41-4)31(39)36-14-15-40-3/h10-13,16,18,21-22,24H,5-9,14-15,17,19-20H2,1-4H3,(H,36,39). The molecule has 3 atom stereocenters. The molecule has 1 aliphatic rings. The lowest BCUT2D eigenvalue weighted by Crippen LogP contribution is -2.27. The number of nitrogens with one attached hydrogen (secondary N) is 1. The molecular formula is C32H42F3N3O5. The quantitative estimate of drug-likeness (QED) is 0.221. The van der Waals surface area contributed by atoms with Crippen molar-refractivity contribution in [2.24, 2.45) is 17.8 Å². The summed E-state index contributed by atoms with van der Waals surface area (Å²) in [6, 6.07) is 7.53. The highest BCUT2D eigenvalue weighted by atomic mass is 19.3. The summed E-state index contributed by atoms with van der Waals surface area (Å²) in [5.41, 5.74) is 1.83. The first-order valence-corrected chi connectivity index (χ1v) is 14.8. The monoisotopic (exact) mass is 605 g/mol. The molecule has 43 heavy (non-hydrogen) atoms. The fraction of sp³-hybridized carbons (Fsp3) is 0.562. The molecule has 1 aromatic heterocycles. The number of aromatic nitrogens is 2. The Morgan fingerprint density at radius 3 is 2.67 bits per heavy atom. The van der Waals surface area contributed by atoms with Gasteiger partial charge in [0.05, 0.1) is 43.4 Å². The van der Waals surface area contributed by atoms with Gasteiger partial charge >= 0.3 is 6.11 Å². The first-order chi connectivity index (χ1) is 20.6. The molecule has 1 fully saturated rings. The normalized spacial score (nSPS) is 19.6. The number of carbonyl (C=O) groups is 1. The van der Waals surface area contributed by atoms with E-state index in [0.717, 1.165) is 49.6 Å². The average Bonchev–Trinajstić information content (AvgIpc) is 3.36. The second kappa shape index (κ2) is 14.9. The van der Waals surface area contributed by atoms with Gasteiger partial charge in [0.15, 0.2) is 11.6 Å². The minimum Gasteiger partial charge on any atom is -0.495 e. The Kier molecular flexibility index (Phi) is 11.3. The van der Waals surface area contributed by atoms with Crippen LogP contribution in [0.2, 0.25) is 0 Å². The van der Waals surface area contributed by atoms with Gasteiger partial charge in [0.25, 0.3) is 5.91 Å². The van der Waals surface area contributed by atoms with Crippen LogP contribution in [0.25, 0.3) is 10.9 Å². The van der Waals surface area contributed by atoms with Gasteiger partial charge in [0.2, 0.25) is 0 Å². The topological polar surface area (TPSA) is 83.8 Å². The summed E-state index contributed by atoms with van der Waals surface area (Å²) in [4.78, 5) is 12.7. The molecule has 0 saturated heterocycles. The second-order valence-corrected chi connectivity index (χ2v) is 11.5. The number of alkyl halides is 2. The maximum atomic E-state index is 14.2. The third-order valence-electron chi connectivity index (χ3n) is 8.08. The first-order valence-electron chi connectivity index (χ1n) is 14.8. The van der Waals surface area contributed by atoms with Crippen LogP contribution in [-0.2, 0) is 22.6 Å². The highest BCUT2D eigenvalue weighted by Crippen LogP contribution is 2.33. The summed E-state index contributed by atoms with van der Waals surface area (Å²) in [5, 5.41) is 8.42. The van der Waals surface area contributed by atoms with Crippen molar-refractivity contribution >= 4 is 16.8 Å². The van der Waals surface area contributed by atoms with E-state index in [4.69, 9.17) is 19.3 Å². The predicted molar refractivity (Wildman–Crippen MR) is 157 cm³/mol. The van der Waals surface area contributed by atoms with Crippen LogP contribution in [0.15, 0.2) is 36.5 Å². The fourth-order valence-corrected chi connectivity index (χ4v) is 5.74. The Balaban J connectivity index is 1.29. The average molecular weight is 606 g/mol. The van der Waals surface area contributed by atoms with Crippen molar-refractivity contribution in [3.05, 3.63) is 53.5 Å². The van der Waals surface area contributed by atoms with Gasteiger partial charge in [-0.05, 0) is 66.8 Å². The fourth-order valence-electron chi connectivity index (χ4n) is 5.74. The van der Waals surface area contributed by atoms with E-state index in [-0.39, 0.29) is 12.5 Å². The Bertz CT molecular complexity index is 1360. The molecule has 1 saturated carbocycles. The molecule has 1 amide bonds. The minimum absolute atomic E-state index is 0.207. The maximum absolute atomic E-state index is 14.2. The Hall–Kier alpha value is -3.31. The number of halogens is 3. The highest BCUT2D eigenvalue weighted by molar-refractivity contribution is 6.03. The molecule has 236 valence electrons. The van der Waals surface area contributed by atoms with Crippen LogP contribution in [0.4, 0.5) is 13.2 Å². The predicted octanol–water partition coefficient (Wildman–Crippen LogP) is 6.60. The number of amides is 1. The molecule has 1 N–H and O–H groups in total.